The number of carbonyl (C=O) groups is 1. The van der Waals surface area contributed by atoms with Crippen LogP contribution in [0.4, 0.5) is 5.82 Å². The Morgan fingerprint density at radius 3 is 2.43 bits per heavy atom. The predicted molar refractivity (Wildman–Crippen MR) is 97.9 cm³/mol. The molecule has 1 atom stereocenters. The van der Waals surface area contributed by atoms with Gasteiger partial charge < -0.3 is 15.5 Å². The maximum atomic E-state index is 12.6. The van der Waals surface area contributed by atoms with Crippen LogP contribution in [0.15, 0.2) is 18.3 Å². The summed E-state index contributed by atoms with van der Waals surface area (Å²) in [6.45, 7) is 3.50. The smallest absolute Gasteiger partial charge is 0.255 e. The minimum atomic E-state index is 0. The van der Waals surface area contributed by atoms with E-state index in [1.807, 2.05) is 17.0 Å². The van der Waals surface area contributed by atoms with Crippen LogP contribution >= 0.6 is 24.8 Å². The van der Waals surface area contributed by atoms with Crippen LogP contribution in [0.2, 0.25) is 0 Å². The molecule has 1 unspecified atom stereocenters. The highest BCUT2D eigenvalue weighted by molar-refractivity contribution is 5.94. The van der Waals surface area contributed by atoms with Gasteiger partial charge in [-0.25, -0.2) is 4.98 Å². The lowest BCUT2D eigenvalue weighted by atomic mass is 10.0. The Bertz CT molecular complexity index is 491. The van der Waals surface area contributed by atoms with Crippen molar-refractivity contribution >= 4 is 36.5 Å². The van der Waals surface area contributed by atoms with Crippen LogP contribution in [0.3, 0.4) is 0 Å². The van der Waals surface area contributed by atoms with E-state index in [4.69, 9.17) is 5.73 Å². The third kappa shape index (κ3) is 4.49. The molecule has 7 heteroatoms. The number of hydrogen-bond donors (Lipinski definition) is 1. The molecule has 1 aromatic heterocycles. The maximum Gasteiger partial charge on any atom is 0.255 e. The average molecular weight is 361 g/mol. The van der Waals surface area contributed by atoms with Crippen LogP contribution in [0.1, 0.15) is 42.5 Å². The van der Waals surface area contributed by atoms with E-state index in [1.54, 1.807) is 6.20 Å². The minimum Gasteiger partial charge on any atom is -0.357 e. The highest BCUT2D eigenvalue weighted by Gasteiger charge is 2.26. The molecule has 3 rings (SSSR count). The number of nitrogens with two attached hydrogens (primary N) is 1. The highest BCUT2D eigenvalue weighted by Crippen LogP contribution is 2.21. The number of hydrogen-bond acceptors (Lipinski definition) is 4. The summed E-state index contributed by atoms with van der Waals surface area (Å²) in [4.78, 5) is 21.3. The van der Waals surface area contributed by atoms with Crippen molar-refractivity contribution in [2.45, 2.75) is 38.1 Å². The summed E-state index contributed by atoms with van der Waals surface area (Å²) in [5, 5.41) is 0. The van der Waals surface area contributed by atoms with Crippen LogP contribution in [-0.2, 0) is 0 Å². The molecule has 2 aliphatic rings. The predicted octanol–water partition coefficient (Wildman–Crippen LogP) is 2.48. The summed E-state index contributed by atoms with van der Waals surface area (Å²) in [6, 6.07) is 4.06. The molecule has 0 aromatic carbocycles. The molecule has 0 spiro atoms. The molecule has 0 bridgehead atoms. The second-order valence-corrected chi connectivity index (χ2v) is 5.98. The second kappa shape index (κ2) is 9.30. The largest absolute Gasteiger partial charge is 0.357 e. The summed E-state index contributed by atoms with van der Waals surface area (Å²) in [5.74, 6) is 1.06. The molecule has 3 heterocycles. The number of halogens is 2. The molecule has 1 aromatic rings. The first kappa shape index (κ1) is 20.0. The van der Waals surface area contributed by atoms with Crippen molar-refractivity contribution in [1.82, 2.24) is 9.88 Å². The fraction of sp³-hybridized carbons (Fsp3) is 0.625. The Hall–Kier alpha value is -1.04. The molecule has 1 amide bonds. The summed E-state index contributed by atoms with van der Waals surface area (Å²) < 4.78 is 0. The molecule has 23 heavy (non-hydrogen) atoms. The number of likely N-dealkylation sites (tertiary alicyclic amines) is 1. The van der Waals surface area contributed by atoms with Gasteiger partial charge in [-0.3, -0.25) is 4.79 Å². The number of rotatable bonds is 3. The minimum absolute atomic E-state index is 0. The normalized spacial score (nSPS) is 20.7. The molecule has 0 radical (unpaired) electrons. The maximum absolute atomic E-state index is 12.6. The Labute approximate surface area is 150 Å². The van der Waals surface area contributed by atoms with Crippen molar-refractivity contribution in [3.63, 3.8) is 0 Å². The third-order valence-electron chi connectivity index (χ3n) is 4.58. The number of nitrogens with zero attached hydrogens (tertiary/aromatic N) is 3. The van der Waals surface area contributed by atoms with Crippen LogP contribution in [0.25, 0.3) is 0 Å². The molecule has 130 valence electrons. The number of carbonyl (C=O) groups excluding carboxylic acids is 1. The molecular weight excluding hydrogens is 335 g/mol. The van der Waals surface area contributed by atoms with E-state index >= 15 is 0 Å². The molecule has 2 N–H and O–H groups in total. The lowest BCUT2D eigenvalue weighted by Crippen LogP contribution is -2.47. The molecule has 5 nitrogen and oxygen atoms in total. The van der Waals surface area contributed by atoms with Gasteiger partial charge >= 0.3 is 0 Å². The van der Waals surface area contributed by atoms with Gasteiger partial charge in [0.2, 0.25) is 0 Å². The first-order chi connectivity index (χ1) is 10.3. The van der Waals surface area contributed by atoms with Crippen molar-refractivity contribution in [3.05, 3.63) is 23.9 Å². The van der Waals surface area contributed by atoms with E-state index in [0.29, 0.717) is 12.1 Å². The average Bonchev–Trinajstić information content (AvgIpc) is 3.09. The number of piperidine rings is 1. The zero-order valence-electron chi connectivity index (χ0n) is 13.3. The van der Waals surface area contributed by atoms with Crippen LogP contribution < -0.4 is 10.6 Å². The highest BCUT2D eigenvalue weighted by atomic mass is 35.5. The molecule has 2 fully saturated rings. The standard InChI is InChI=1S/C16H24N4O.2ClH/c17-11-14-5-1-2-10-20(14)16(21)13-6-7-15(18-12-13)19-8-3-4-9-19;;/h6-7,12,14H,1-5,8-11,17H2;2*1H. The summed E-state index contributed by atoms with van der Waals surface area (Å²) in [7, 11) is 0. The van der Waals surface area contributed by atoms with Crippen LogP contribution in [0.5, 0.6) is 0 Å². The van der Waals surface area contributed by atoms with Gasteiger partial charge in [-0.05, 0) is 44.2 Å². The van der Waals surface area contributed by atoms with Crippen molar-refractivity contribution in [2.75, 3.05) is 31.1 Å². The number of pyridine rings is 1. The molecule has 2 saturated heterocycles. The Balaban J connectivity index is 0.00000132. The van der Waals surface area contributed by atoms with E-state index in [2.05, 4.69) is 9.88 Å². The third-order valence-corrected chi connectivity index (χ3v) is 4.58. The zero-order chi connectivity index (χ0) is 14.7. The van der Waals surface area contributed by atoms with Gasteiger partial charge in [0.1, 0.15) is 5.82 Å². The van der Waals surface area contributed by atoms with Gasteiger partial charge in [-0.15, -0.1) is 24.8 Å². The lowest BCUT2D eigenvalue weighted by Gasteiger charge is -2.35. The van der Waals surface area contributed by atoms with Gasteiger partial charge in [0.05, 0.1) is 5.56 Å². The van der Waals surface area contributed by atoms with Crippen molar-refractivity contribution in [1.29, 1.82) is 0 Å². The van der Waals surface area contributed by atoms with Gasteiger partial charge in [0.25, 0.3) is 5.91 Å². The van der Waals surface area contributed by atoms with Gasteiger partial charge in [-0.2, -0.15) is 0 Å². The van der Waals surface area contributed by atoms with E-state index < -0.39 is 0 Å². The quantitative estimate of drug-likeness (QED) is 0.899. The number of anilines is 1. The Morgan fingerprint density at radius 2 is 1.83 bits per heavy atom. The summed E-state index contributed by atoms with van der Waals surface area (Å²) in [5.41, 5.74) is 6.48. The first-order valence-electron chi connectivity index (χ1n) is 8.01. The van der Waals surface area contributed by atoms with Crippen molar-refractivity contribution in [3.8, 4) is 0 Å². The fourth-order valence-electron chi connectivity index (χ4n) is 3.32. The first-order valence-corrected chi connectivity index (χ1v) is 8.01. The Morgan fingerprint density at radius 1 is 1.13 bits per heavy atom. The van der Waals surface area contributed by atoms with E-state index in [-0.39, 0.29) is 36.8 Å². The molecule has 0 saturated carbocycles. The van der Waals surface area contributed by atoms with Crippen molar-refractivity contribution in [2.24, 2.45) is 5.73 Å². The summed E-state index contributed by atoms with van der Waals surface area (Å²) in [6.07, 6.45) is 7.43. The topological polar surface area (TPSA) is 62.5 Å². The van der Waals surface area contributed by atoms with E-state index in [1.165, 1.54) is 12.8 Å². The Kier molecular flexibility index (Phi) is 8.09. The molecule has 2 aliphatic heterocycles. The number of amides is 1. The lowest BCUT2D eigenvalue weighted by molar-refractivity contribution is 0.0623. The number of aromatic nitrogens is 1. The molecule has 0 aliphatic carbocycles. The van der Waals surface area contributed by atoms with Gasteiger partial charge in [0.15, 0.2) is 0 Å². The van der Waals surface area contributed by atoms with Gasteiger partial charge in [-0.1, -0.05) is 0 Å². The van der Waals surface area contributed by atoms with Crippen molar-refractivity contribution < 1.29 is 4.79 Å². The van der Waals surface area contributed by atoms with E-state index in [9.17, 15) is 4.79 Å². The van der Waals surface area contributed by atoms with Crippen LogP contribution in [0, 0.1) is 0 Å². The fourth-order valence-corrected chi connectivity index (χ4v) is 3.32. The summed E-state index contributed by atoms with van der Waals surface area (Å²) >= 11 is 0. The second-order valence-electron chi connectivity index (χ2n) is 5.98. The molecular formula is C16H26Cl2N4O. The van der Waals surface area contributed by atoms with Gasteiger partial charge in [0, 0.05) is 38.4 Å². The monoisotopic (exact) mass is 360 g/mol. The van der Waals surface area contributed by atoms with Crippen LogP contribution in [-0.4, -0.2) is 48.0 Å². The zero-order valence-corrected chi connectivity index (χ0v) is 15.0. The van der Waals surface area contributed by atoms with E-state index in [0.717, 1.165) is 44.7 Å². The SMILES string of the molecule is Cl.Cl.NCC1CCCCN1C(=O)c1ccc(N2CCCC2)nc1.